The van der Waals surface area contributed by atoms with Crippen LogP contribution in [0.2, 0.25) is 15.2 Å². The molecule has 0 aliphatic carbocycles. The number of nitrogens with one attached hydrogen (secondary N) is 1. The summed E-state index contributed by atoms with van der Waals surface area (Å²) < 4.78 is 34.2. The standard InChI is InChI=1S/C16H12Cl3F2N3O4/c1-6(14(25)23-7-4-2-3-5-8(7)28-16(20)21)27-15(26)12-9(17)11(22)10(18)13(19)24-12/h2-6,16H,1H3,(H2,22,24)(H,23,25). The molecule has 3 N–H and O–H groups in total. The first-order valence-electron chi connectivity index (χ1n) is 7.47. The first kappa shape index (κ1) is 21.9. The van der Waals surface area contributed by atoms with Crippen LogP contribution in [-0.2, 0) is 9.53 Å². The number of carbonyl (C=O) groups is 2. The maximum Gasteiger partial charge on any atom is 0.387 e. The molecule has 0 saturated heterocycles. The van der Waals surface area contributed by atoms with Crippen LogP contribution in [0, 0.1) is 0 Å². The third-order valence-electron chi connectivity index (χ3n) is 3.28. The molecule has 28 heavy (non-hydrogen) atoms. The Bertz CT molecular complexity index is 915. The van der Waals surface area contributed by atoms with Crippen LogP contribution in [0.15, 0.2) is 24.3 Å². The van der Waals surface area contributed by atoms with Gasteiger partial charge in [0.05, 0.1) is 16.4 Å². The highest BCUT2D eigenvalue weighted by molar-refractivity contribution is 6.46. The van der Waals surface area contributed by atoms with E-state index in [1.807, 2.05) is 0 Å². The van der Waals surface area contributed by atoms with Gasteiger partial charge in [-0.05, 0) is 19.1 Å². The molecule has 1 aromatic heterocycles. The topological polar surface area (TPSA) is 104 Å². The van der Waals surface area contributed by atoms with Gasteiger partial charge in [0.2, 0.25) is 0 Å². The number of hydrogen-bond acceptors (Lipinski definition) is 6. The van der Waals surface area contributed by atoms with Gasteiger partial charge in [0.1, 0.15) is 10.8 Å². The molecule has 1 atom stereocenters. The molecule has 0 fully saturated rings. The number of alkyl halides is 2. The Morgan fingerprint density at radius 2 is 1.82 bits per heavy atom. The second-order valence-corrected chi connectivity index (χ2v) is 6.32. The van der Waals surface area contributed by atoms with Crippen molar-refractivity contribution in [2.24, 2.45) is 0 Å². The van der Waals surface area contributed by atoms with E-state index in [0.717, 1.165) is 0 Å². The van der Waals surface area contributed by atoms with Crippen LogP contribution in [0.1, 0.15) is 17.4 Å². The molecular formula is C16H12Cl3F2N3O4. The second kappa shape index (κ2) is 9.22. The van der Waals surface area contributed by atoms with Gasteiger partial charge in [-0.3, -0.25) is 4.79 Å². The van der Waals surface area contributed by atoms with Crippen LogP contribution < -0.4 is 15.8 Å². The van der Waals surface area contributed by atoms with Crippen molar-refractivity contribution in [3.63, 3.8) is 0 Å². The number of nitrogens with two attached hydrogens (primary N) is 1. The Morgan fingerprint density at radius 1 is 1.18 bits per heavy atom. The lowest BCUT2D eigenvalue weighted by Gasteiger charge is -2.16. The summed E-state index contributed by atoms with van der Waals surface area (Å²) in [6.45, 7) is -1.83. The van der Waals surface area contributed by atoms with Crippen molar-refractivity contribution in [2.75, 3.05) is 11.1 Å². The molecule has 0 aliphatic heterocycles. The zero-order valence-electron chi connectivity index (χ0n) is 14.0. The number of carbonyl (C=O) groups excluding carboxylic acids is 2. The van der Waals surface area contributed by atoms with Crippen LogP contribution in [0.3, 0.4) is 0 Å². The zero-order valence-corrected chi connectivity index (χ0v) is 16.3. The molecular weight excluding hydrogens is 443 g/mol. The lowest BCUT2D eigenvalue weighted by molar-refractivity contribution is -0.123. The van der Waals surface area contributed by atoms with E-state index in [-0.39, 0.29) is 32.3 Å². The largest absolute Gasteiger partial charge is 0.448 e. The van der Waals surface area contributed by atoms with E-state index in [1.54, 1.807) is 0 Å². The molecule has 1 amide bonds. The van der Waals surface area contributed by atoms with Gasteiger partial charge in [0.15, 0.2) is 17.0 Å². The number of anilines is 2. The van der Waals surface area contributed by atoms with Crippen molar-refractivity contribution < 1.29 is 27.8 Å². The number of para-hydroxylation sites is 2. The van der Waals surface area contributed by atoms with E-state index in [1.165, 1.54) is 31.2 Å². The number of benzene rings is 1. The molecule has 7 nitrogen and oxygen atoms in total. The van der Waals surface area contributed by atoms with Crippen LogP contribution in [0.5, 0.6) is 5.75 Å². The van der Waals surface area contributed by atoms with Crippen molar-refractivity contribution in [1.29, 1.82) is 0 Å². The first-order valence-corrected chi connectivity index (χ1v) is 8.60. The summed E-state index contributed by atoms with van der Waals surface area (Å²) in [5, 5.41) is 1.62. The molecule has 0 bridgehead atoms. The molecule has 0 radical (unpaired) electrons. The summed E-state index contributed by atoms with van der Waals surface area (Å²) in [5.41, 5.74) is 4.97. The van der Waals surface area contributed by atoms with Gasteiger partial charge in [-0.25, -0.2) is 9.78 Å². The maximum absolute atomic E-state index is 12.4. The van der Waals surface area contributed by atoms with E-state index in [4.69, 9.17) is 45.3 Å². The van der Waals surface area contributed by atoms with E-state index < -0.39 is 30.3 Å². The van der Waals surface area contributed by atoms with Gasteiger partial charge in [0, 0.05) is 0 Å². The molecule has 0 spiro atoms. The van der Waals surface area contributed by atoms with Gasteiger partial charge >= 0.3 is 12.6 Å². The van der Waals surface area contributed by atoms with Gasteiger partial charge in [-0.1, -0.05) is 46.9 Å². The molecule has 1 unspecified atom stereocenters. The summed E-state index contributed by atoms with van der Waals surface area (Å²) in [6.07, 6.45) is -1.35. The number of rotatable bonds is 6. The van der Waals surface area contributed by atoms with E-state index in [2.05, 4.69) is 15.0 Å². The number of amides is 1. The molecule has 0 aliphatic rings. The molecule has 12 heteroatoms. The number of pyridine rings is 1. The zero-order chi connectivity index (χ0) is 21.0. The Balaban J connectivity index is 2.12. The van der Waals surface area contributed by atoms with Crippen molar-refractivity contribution >= 4 is 58.1 Å². The summed E-state index contributed by atoms with van der Waals surface area (Å²) in [6, 6.07) is 5.51. The van der Waals surface area contributed by atoms with Crippen LogP contribution in [-0.4, -0.2) is 29.6 Å². The van der Waals surface area contributed by atoms with Gasteiger partial charge in [-0.2, -0.15) is 8.78 Å². The minimum Gasteiger partial charge on any atom is -0.448 e. The van der Waals surface area contributed by atoms with Crippen molar-refractivity contribution in [2.45, 2.75) is 19.6 Å². The maximum atomic E-state index is 12.4. The quantitative estimate of drug-likeness (QED) is 0.495. The molecule has 1 aromatic carbocycles. The van der Waals surface area contributed by atoms with Crippen molar-refractivity contribution in [1.82, 2.24) is 4.98 Å². The van der Waals surface area contributed by atoms with E-state index in [0.29, 0.717) is 0 Å². The fourth-order valence-electron chi connectivity index (χ4n) is 1.94. The molecule has 0 saturated carbocycles. The molecule has 1 heterocycles. The number of aromatic nitrogens is 1. The lowest BCUT2D eigenvalue weighted by atomic mass is 10.2. The number of hydrogen-bond donors (Lipinski definition) is 2. The van der Waals surface area contributed by atoms with Crippen LogP contribution >= 0.6 is 34.8 Å². The third-order valence-corrected chi connectivity index (χ3v) is 4.41. The predicted octanol–water partition coefficient (Wildman–Crippen LogP) is 4.41. The Hall–Kier alpha value is -2.36. The molecule has 2 rings (SSSR count). The highest BCUT2D eigenvalue weighted by atomic mass is 35.5. The molecule has 150 valence electrons. The number of halogens is 5. The summed E-state index contributed by atoms with van der Waals surface area (Å²) in [7, 11) is 0. The van der Waals surface area contributed by atoms with Crippen molar-refractivity contribution in [3.8, 4) is 5.75 Å². The number of ether oxygens (including phenoxy) is 2. The number of esters is 1. The third kappa shape index (κ3) is 5.12. The molecule has 2 aromatic rings. The highest BCUT2D eigenvalue weighted by Crippen LogP contribution is 2.34. The van der Waals surface area contributed by atoms with Crippen LogP contribution in [0.25, 0.3) is 0 Å². The SMILES string of the molecule is CC(OC(=O)c1nc(Cl)c(Cl)c(N)c1Cl)C(=O)Nc1ccccc1OC(F)F. The fraction of sp³-hybridized carbons (Fsp3) is 0.188. The summed E-state index contributed by atoms with van der Waals surface area (Å²) >= 11 is 17.4. The van der Waals surface area contributed by atoms with E-state index in [9.17, 15) is 18.4 Å². The Labute approximate surface area is 172 Å². The number of nitrogen functional groups attached to an aromatic ring is 1. The first-order chi connectivity index (χ1) is 13.1. The minimum absolute atomic E-state index is 0.0364. The van der Waals surface area contributed by atoms with Gasteiger partial charge < -0.3 is 20.5 Å². The summed E-state index contributed by atoms with van der Waals surface area (Å²) in [4.78, 5) is 28.2. The fourth-order valence-corrected chi connectivity index (χ4v) is 2.52. The second-order valence-electron chi connectivity index (χ2n) is 5.20. The Morgan fingerprint density at radius 3 is 2.46 bits per heavy atom. The van der Waals surface area contributed by atoms with Gasteiger partial charge in [0.25, 0.3) is 5.91 Å². The lowest BCUT2D eigenvalue weighted by Crippen LogP contribution is -2.30. The monoisotopic (exact) mass is 453 g/mol. The smallest absolute Gasteiger partial charge is 0.387 e. The summed E-state index contributed by atoms with van der Waals surface area (Å²) in [5.74, 6) is -2.16. The van der Waals surface area contributed by atoms with E-state index >= 15 is 0 Å². The average molecular weight is 455 g/mol. The Kier molecular flexibility index (Phi) is 7.22. The predicted molar refractivity (Wildman–Crippen MR) is 100 cm³/mol. The minimum atomic E-state index is -3.08. The highest BCUT2D eigenvalue weighted by Gasteiger charge is 2.25. The average Bonchev–Trinajstić information content (AvgIpc) is 2.63. The normalized spacial score (nSPS) is 11.8. The van der Waals surface area contributed by atoms with Gasteiger partial charge in [-0.15, -0.1) is 0 Å². The van der Waals surface area contributed by atoms with Crippen LogP contribution in [0.4, 0.5) is 20.2 Å². The van der Waals surface area contributed by atoms with Crippen molar-refractivity contribution in [3.05, 3.63) is 45.2 Å². The number of nitrogens with zero attached hydrogens (tertiary/aromatic N) is 1.